The van der Waals surface area contributed by atoms with E-state index in [1.807, 2.05) is 0 Å². The first-order valence-corrected chi connectivity index (χ1v) is 26.3. The van der Waals surface area contributed by atoms with E-state index in [9.17, 15) is 0 Å². The van der Waals surface area contributed by atoms with Crippen LogP contribution in [-0.4, -0.2) is 0 Å². The van der Waals surface area contributed by atoms with Crippen LogP contribution < -0.4 is 5.32 Å². The lowest BCUT2D eigenvalue weighted by Gasteiger charge is -2.35. The second-order valence-electron chi connectivity index (χ2n) is 19.9. The number of piperidine rings is 1. The van der Waals surface area contributed by atoms with Gasteiger partial charge in [0.05, 0.1) is 0 Å². The van der Waals surface area contributed by atoms with Gasteiger partial charge in [0, 0.05) is 12.1 Å². The summed E-state index contributed by atoms with van der Waals surface area (Å²) in [6.07, 6.45) is 10.8. The molecule has 1 nitrogen and oxygen atoms in total. The Labute approximate surface area is 419 Å². The summed E-state index contributed by atoms with van der Waals surface area (Å²) in [4.78, 5) is 0. The van der Waals surface area contributed by atoms with Gasteiger partial charge in [-0.1, -0.05) is 233 Å². The molecule has 1 heteroatoms. The van der Waals surface area contributed by atoms with Gasteiger partial charge in [0.15, 0.2) is 0 Å². The Bertz CT molecular complexity index is 3490. The molecule has 1 saturated heterocycles. The van der Waals surface area contributed by atoms with E-state index in [1.165, 1.54) is 148 Å². The second kappa shape index (κ2) is 20.0. The van der Waals surface area contributed by atoms with Gasteiger partial charge in [-0.15, -0.1) is 0 Å². The maximum Gasteiger partial charge on any atom is 0.0338 e. The highest BCUT2D eigenvalue weighted by Crippen LogP contribution is 2.49. The van der Waals surface area contributed by atoms with Crippen LogP contribution in [-0.2, 0) is 6.42 Å². The number of nitrogens with one attached hydrogen (secondary N) is 1. The lowest BCUT2D eigenvalue weighted by Crippen LogP contribution is -2.31. The second-order valence-corrected chi connectivity index (χ2v) is 19.9. The zero-order valence-electron chi connectivity index (χ0n) is 40.9. The van der Waals surface area contributed by atoms with Crippen molar-refractivity contribution in [3.8, 4) is 55.6 Å². The molecule has 0 amide bonds. The van der Waals surface area contributed by atoms with Crippen LogP contribution in [0.1, 0.15) is 87.1 Å². The summed E-state index contributed by atoms with van der Waals surface area (Å²) in [5.74, 6) is 0. The van der Waals surface area contributed by atoms with Crippen molar-refractivity contribution in [1.29, 1.82) is 0 Å². The number of benzene rings is 11. The Morgan fingerprint density at radius 3 is 1.06 bits per heavy atom. The van der Waals surface area contributed by atoms with Gasteiger partial charge in [-0.3, -0.25) is 0 Å². The Morgan fingerprint density at radius 1 is 0.324 bits per heavy atom. The molecule has 0 spiro atoms. The van der Waals surface area contributed by atoms with E-state index in [-0.39, 0.29) is 12.1 Å². The summed E-state index contributed by atoms with van der Waals surface area (Å²) in [5, 5.41) is 15.0. The largest absolute Gasteiger partial charge is 0.303 e. The Morgan fingerprint density at radius 2 is 0.648 bits per heavy atom. The summed E-state index contributed by atoms with van der Waals surface area (Å²) in [7, 11) is 0. The first-order valence-electron chi connectivity index (χ1n) is 26.3. The molecule has 11 aromatic carbocycles. The minimum atomic E-state index is 0.160. The van der Waals surface area contributed by atoms with Gasteiger partial charge < -0.3 is 5.32 Å². The van der Waals surface area contributed by atoms with Gasteiger partial charge in [-0.25, -0.2) is 0 Å². The third-order valence-corrected chi connectivity index (χ3v) is 15.4. The fraction of sp³-hybridized carbons (Fsp3) is 0.171. The number of rotatable bonds is 13. The third kappa shape index (κ3) is 8.75. The molecule has 11 aromatic rings. The minimum Gasteiger partial charge on any atom is -0.303 e. The van der Waals surface area contributed by atoms with E-state index in [1.54, 1.807) is 0 Å². The Balaban J connectivity index is 0.991. The quantitative estimate of drug-likeness (QED) is 0.0898. The normalized spacial score (nSPS) is 14.9. The van der Waals surface area contributed by atoms with Crippen LogP contribution in [0.15, 0.2) is 224 Å². The number of aryl methyl sites for hydroxylation is 1. The van der Waals surface area contributed by atoms with Crippen molar-refractivity contribution < 1.29 is 0 Å². The smallest absolute Gasteiger partial charge is 0.0338 e. The fourth-order valence-electron chi connectivity index (χ4n) is 12.2. The number of fused-ring (bicyclic) bond motifs is 4. The number of unbranched alkanes of at least 4 members (excludes halogenated alkanes) is 4. The molecule has 1 aliphatic heterocycles. The average Bonchev–Trinajstić information content (AvgIpc) is 3.44. The van der Waals surface area contributed by atoms with Crippen LogP contribution in [0.3, 0.4) is 0 Å². The zero-order valence-corrected chi connectivity index (χ0v) is 40.9. The lowest BCUT2D eigenvalue weighted by molar-refractivity contribution is 0.336. The van der Waals surface area contributed by atoms with Crippen LogP contribution >= 0.6 is 0 Å². The molecule has 346 valence electrons. The van der Waals surface area contributed by atoms with Crippen LogP contribution in [0, 0.1) is 0 Å². The van der Waals surface area contributed by atoms with Gasteiger partial charge in [0.1, 0.15) is 0 Å². The van der Waals surface area contributed by atoms with E-state index < -0.39 is 0 Å². The van der Waals surface area contributed by atoms with Gasteiger partial charge >= 0.3 is 0 Å². The molecule has 0 aliphatic carbocycles. The van der Waals surface area contributed by atoms with Gasteiger partial charge in [-0.05, 0) is 172 Å². The van der Waals surface area contributed by atoms with Crippen molar-refractivity contribution in [2.24, 2.45) is 0 Å². The molecule has 2 atom stereocenters. The van der Waals surface area contributed by atoms with E-state index >= 15 is 0 Å². The fourth-order valence-corrected chi connectivity index (χ4v) is 12.2. The van der Waals surface area contributed by atoms with Crippen molar-refractivity contribution in [2.75, 3.05) is 0 Å². The maximum absolute atomic E-state index is 4.41. The van der Waals surface area contributed by atoms with Crippen LogP contribution in [0.5, 0.6) is 0 Å². The highest BCUT2D eigenvalue weighted by molar-refractivity contribution is 6.17. The summed E-state index contributed by atoms with van der Waals surface area (Å²) >= 11 is 0. The molecule has 0 radical (unpaired) electrons. The third-order valence-electron chi connectivity index (χ3n) is 15.4. The first-order chi connectivity index (χ1) is 35.2. The van der Waals surface area contributed by atoms with E-state index in [0.29, 0.717) is 0 Å². The topological polar surface area (TPSA) is 12.0 Å². The molecule has 2 unspecified atom stereocenters. The SMILES string of the molecule is CCCCCCCc1cc(-c2ccccc2)cc(-c2c3ccccc3c(C3CCCC(c4c5ccccc5c(-c5cc(-c6ccccc6)cc(-c6ccccc6)c5)c5ccccc45)N3)c3ccccc23)c1. The summed E-state index contributed by atoms with van der Waals surface area (Å²) in [6.45, 7) is 2.30. The van der Waals surface area contributed by atoms with E-state index in [0.717, 1.165) is 25.7 Å². The van der Waals surface area contributed by atoms with Crippen molar-refractivity contribution in [3.05, 3.63) is 241 Å². The first kappa shape index (κ1) is 44.6. The van der Waals surface area contributed by atoms with Crippen molar-refractivity contribution in [3.63, 3.8) is 0 Å². The zero-order chi connectivity index (χ0) is 47.5. The van der Waals surface area contributed by atoms with E-state index in [4.69, 9.17) is 0 Å². The minimum absolute atomic E-state index is 0.160. The van der Waals surface area contributed by atoms with Crippen LogP contribution in [0.25, 0.3) is 98.7 Å². The predicted octanol–water partition coefficient (Wildman–Crippen LogP) is 19.7. The molecule has 1 aliphatic rings. The molecule has 0 aromatic heterocycles. The Kier molecular flexibility index (Phi) is 12.6. The molecule has 0 bridgehead atoms. The van der Waals surface area contributed by atoms with Gasteiger partial charge in [0.25, 0.3) is 0 Å². The number of hydrogen-bond donors (Lipinski definition) is 1. The lowest BCUT2D eigenvalue weighted by atomic mass is 9.80. The van der Waals surface area contributed by atoms with Crippen LogP contribution in [0.2, 0.25) is 0 Å². The van der Waals surface area contributed by atoms with Crippen molar-refractivity contribution in [1.82, 2.24) is 5.32 Å². The van der Waals surface area contributed by atoms with Gasteiger partial charge in [0.2, 0.25) is 0 Å². The molecule has 1 heterocycles. The molecule has 71 heavy (non-hydrogen) atoms. The molecule has 0 saturated carbocycles. The molecule has 1 N–H and O–H groups in total. The summed E-state index contributed by atoms with van der Waals surface area (Å²) < 4.78 is 0. The molecular formula is C70H61N. The van der Waals surface area contributed by atoms with Crippen molar-refractivity contribution in [2.45, 2.75) is 76.8 Å². The molecule has 1 fully saturated rings. The number of hydrogen-bond acceptors (Lipinski definition) is 1. The van der Waals surface area contributed by atoms with E-state index in [2.05, 4.69) is 237 Å². The van der Waals surface area contributed by atoms with Crippen LogP contribution in [0.4, 0.5) is 0 Å². The maximum atomic E-state index is 4.41. The summed E-state index contributed by atoms with van der Waals surface area (Å²) in [6, 6.07) is 84.6. The predicted molar refractivity (Wildman–Crippen MR) is 305 cm³/mol. The summed E-state index contributed by atoms with van der Waals surface area (Å²) in [5.41, 5.74) is 16.9. The van der Waals surface area contributed by atoms with Gasteiger partial charge in [-0.2, -0.15) is 0 Å². The van der Waals surface area contributed by atoms with Crippen molar-refractivity contribution >= 4 is 43.1 Å². The Hall–Kier alpha value is -7.58. The highest BCUT2D eigenvalue weighted by atomic mass is 15.0. The molecule has 12 rings (SSSR count). The monoisotopic (exact) mass is 915 g/mol. The molecular weight excluding hydrogens is 855 g/mol. The standard InChI is InChI=1S/C70H61N/c1-2-3-4-5-9-25-48-42-52(49-26-10-6-11-27-49)45-55(43-48)67-57-32-16-20-36-61(57)69(62-37-21-17-33-58(62)67)65-40-24-41-66(71-65)70-63-38-22-18-34-59(63)68(60-35-19-23-39-64(60)70)56-46-53(50-28-12-7-13-29-50)44-54(47-56)51-30-14-8-15-31-51/h6-8,10-23,26-39,42-47,65-66,71H,2-5,9,24-25,40-41H2,1H3. The highest BCUT2D eigenvalue weighted by Gasteiger charge is 2.30. The average molecular weight is 916 g/mol.